The molecule has 2 heterocycles. The monoisotopic (exact) mass is 543 g/mol. The van der Waals surface area contributed by atoms with Gasteiger partial charge in [-0.3, -0.25) is 14.3 Å². The van der Waals surface area contributed by atoms with Crippen molar-refractivity contribution < 1.29 is 28.8 Å². The second-order valence-corrected chi connectivity index (χ2v) is 10.0. The third-order valence-electron chi connectivity index (χ3n) is 7.32. The number of benzene rings is 1. The second-order valence-electron chi connectivity index (χ2n) is 10.0. The minimum absolute atomic E-state index is 0.0308. The molecule has 3 atom stereocenters. The molecule has 0 radical (unpaired) electrons. The maximum absolute atomic E-state index is 14.0. The van der Waals surface area contributed by atoms with Crippen LogP contribution in [-0.2, 0) is 30.8 Å². The number of para-hydroxylation sites is 1. The number of hydrogen-bond acceptors (Lipinski definition) is 7. The summed E-state index contributed by atoms with van der Waals surface area (Å²) < 4.78 is 26.7. The van der Waals surface area contributed by atoms with Gasteiger partial charge in [0.15, 0.2) is 5.76 Å². The summed E-state index contributed by atoms with van der Waals surface area (Å²) in [7, 11) is 1.87. The Balaban J connectivity index is 1.65. The first kappa shape index (κ1) is 29.1. The largest absolute Gasteiger partial charge is 0.459 e. The van der Waals surface area contributed by atoms with Crippen LogP contribution >= 0.6 is 0 Å². The summed E-state index contributed by atoms with van der Waals surface area (Å²) >= 11 is 0. The zero-order chi connectivity index (χ0) is 27.8. The molecular weight excluding hydrogens is 502 g/mol. The SMILES string of the molecule is CCOC1OC(C(=O)NCC2CC2)=CC(c2c(C)n(C)n(-c3ccccc3)c2=O)C1CCOCCOCCO. The minimum atomic E-state index is -0.718. The standard InChI is InChI=1S/C29H41N3O7/c1-4-38-29-23(12-14-36-16-17-37-15-13-33)24(18-25(39-29)27(34)30-19-21-10-11-21)26-20(2)31(3)32(28(26)35)22-8-6-5-7-9-22/h5-9,18,21,23-24,29,33H,4,10-17,19H2,1-3H3,(H,30,34). The van der Waals surface area contributed by atoms with Gasteiger partial charge in [-0.15, -0.1) is 0 Å². The molecule has 0 spiro atoms. The maximum Gasteiger partial charge on any atom is 0.286 e. The average Bonchev–Trinajstić information content (AvgIpc) is 3.74. The van der Waals surface area contributed by atoms with E-state index in [1.165, 1.54) is 0 Å². The van der Waals surface area contributed by atoms with E-state index in [0.717, 1.165) is 24.2 Å². The Morgan fingerprint density at radius 1 is 1.13 bits per heavy atom. The van der Waals surface area contributed by atoms with E-state index < -0.39 is 12.2 Å². The smallest absolute Gasteiger partial charge is 0.286 e. The van der Waals surface area contributed by atoms with Crippen LogP contribution in [0.25, 0.3) is 5.69 Å². The van der Waals surface area contributed by atoms with Crippen LogP contribution in [0, 0.1) is 18.8 Å². The molecule has 2 N–H and O–H groups in total. The van der Waals surface area contributed by atoms with Gasteiger partial charge in [0.05, 0.1) is 32.1 Å². The molecule has 0 saturated heterocycles. The summed E-state index contributed by atoms with van der Waals surface area (Å²) in [5.74, 6) is -0.264. The summed E-state index contributed by atoms with van der Waals surface area (Å²) in [6, 6.07) is 9.51. The van der Waals surface area contributed by atoms with Crippen LogP contribution in [0.2, 0.25) is 0 Å². The molecular formula is C29H41N3O7. The zero-order valence-electron chi connectivity index (χ0n) is 23.1. The molecule has 1 saturated carbocycles. The van der Waals surface area contributed by atoms with Gasteiger partial charge in [0.1, 0.15) is 0 Å². The number of amides is 1. The fourth-order valence-corrected chi connectivity index (χ4v) is 5.00. The van der Waals surface area contributed by atoms with Crippen molar-refractivity contribution in [1.82, 2.24) is 14.7 Å². The van der Waals surface area contributed by atoms with Crippen molar-refractivity contribution in [3.05, 3.63) is 63.8 Å². The molecule has 1 aromatic heterocycles. The van der Waals surface area contributed by atoms with Crippen LogP contribution < -0.4 is 10.9 Å². The molecule has 10 nitrogen and oxygen atoms in total. The van der Waals surface area contributed by atoms with Gasteiger partial charge in [-0.1, -0.05) is 18.2 Å². The molecule has 1 aromatic carbocycles. The van der Waals surface area contributed by atoms with Gasteiger partial charge in [-0.2, -0.15) is 0 Å². The lowest BCUT2D eigenvalue weighted by atomic mass is 9.81. The summed E-state index contributed by atoms with van der Waals surface area (Å²) in [6.45, 7) is 6.21. The van der Waals surface area contributed by atoms with Gasteiger partial charge in [0.25, 0.3) is 11.5 Å². The number of hydrogen-bond donors (Lipinski definition) is 2. The van der Waals surface area contributed by atoms with Gasteiger partial charge >= 0.3 is 0 Å². The van der Waals surface area contributed by atoms with Crippen molar-refractivity contribution in [2.75, 3.05) is 46.2 Å². The highest BCUT2D eigenvalue weighted by atomic mass is 16.7. The quantitative estimate of drug-likeness (QED) is 0.332. The van der Waals surface area contributed by atoms with Gasteiger partial charge in [-0.05, 0) is 57.2 Å². The third-order valence-corrected chi connectivity index (χ3v) is 7.32. The van der Waals surface area contributed by atoms with Crippen LogP contribution in [0.1, 0.15) is 43.4 Å². The predicted octanol–water partition coefficient (Wildman–Crippen LogP) is 2.40. The van der Waals surface area contributed by atoms with E-state index >= 15 is 0 Å². The van der Waals surface area contributed by atoms with Crippen molar-refractivity contribution in [2.24, 2.45) is 18.9 Å². The first-order chi connectivity index (χ1) is 19.0. The number of aromatic nitrogens is 2. The molecule has 214 valence electrons. The second kappa shape index (κ2) is 13.9. The van der Waals surface area contributed by atoms with E-state index in [-0.39, 0.29) is 36.4 Å². The van der Waals surface area contributed by atoms with Gasteiger partial charge in [0.2, 0.25) is 6.29 Å². The van der Waals surface area contributed by atoms with E-state index in [4.69, 9.17) is 24.1 Å². The van der Waals surface area contributed by atoms with E-state index in [0.29, 0.717) is 50.9 Å². The number of carbonyl (C=O) groups is 1. The number of aliphatic hydroxyl groups excluding tert-OH is 1. The molecule has 10 heteroatoms. The number of allylic oxidation sites excluding steroid dienone is 1. The molecule has 39 heavy (non-hydrogen) atoms. The first-order valence-corrected chi connectivity index (χ1v) is 13.8. The van der Waals surface area contributed by atoms with E-state index in [1.807, 2.05) is 55.9 Å². The number of nitrogens with one attached hydrogen (secondary N) is 1. The van der Waals surface area contributed by atoms with Crippen molar-refractivity contribution >= 4 is 5.91 Å². The molecule has 3 unspecified atom stereocenters. The Hall–Kier alpha value is -2.92. The Labute approximate surface area is 229 Å². The van der Waals surface area contributed by atoms with E-state index in [2.05, 4.69) is 5.32 Å². The lowest BCUT2D eigenvalue weighted by Crippen LogP contribution is -2.41. The molecule has 0 bridgehead atoms. The molecule has 2 aromatic rings. The predicted molar refractivity (Wildman–Crippen MR) is 146 cm³/mol. The highest BCUT2D eigenvalue weighted by Gasteiger charge is 2.41. The van der Waals surface area contributed by atoms with Crippen molar-refractivity contribution in [2.45, 2.75) is 45.3 Å². The third kappa shape index (κ3) is 7.19. The zero-order valence-corrected chi connectivity index (χ0v) is 23.1. The number of aliphatic hydroxyl groups is 1. The highest BCUT2D eigenvalue weighted by molar-refractivity contribution is 5.91. The number of ether oxygens (including phenoxy) is 4. The van der Waals surface area contributed by atoms with Crippen molar-refractivity contribution in [1.29, 1.82) is 0 Å². The molecule has 4 rings (SSSR count). The molecule has 1 aliphatic heterocycles. The minimum Gasteiger partial charge on any atom is -0.459 e. The van der Waals surface area contributed by atoms with Crippen molar-refractivity contribution in [3.63, 3.8) is 0 Å². The Kier molecular flexibility index (Phi) is 10.4. The lowest BCUT2D eigenvalue weighted by molar-refractivity contribution is -0.168. The lowest BCUT2D eigenvalue weighted by Gasteiger charge is -2.36. The summed E-state index contributed by atoms with van der Waals surface area (Å²) in [5, 5.41) is 11.8. The number of nitrogens with zero attached hydrogens (tertiary/aromatic N) is 2. The molecule has 1 aliphatic carbocycles. The molecule has 1 amide bonds. The normalized spacial score (nSPS) is 20.9. The van der Waals surface area contributed by atoms with Crippen LogP contribution in [0.4, 0.5) is 0 Å². The summed E-state index contributed by atoms with van der Waals surface area (Å²) in [6.07, 6.45) is 3.86. The summed E-state index contributed by atoms with van der Waals surface area (Å²) in [5.41, 5.74) is 2.05. The van der Waals surface area contributed by atoms with Gasteiger partial charge in [-0.25, -0.2) is 4.68 Å². The fourth-order valence-electron chi connectivity index (χ4n) is 5.00. The van der Waals surface area contributed by atoms with Gasteiger partial charge in [0, 0.05) is 49.9 Å². The maximum atomic E-state index is 14.0. The highest BCUT2D eigenvalue weighted by Crippen LogP contribution is 2.39. The topological polar surface area (TPSA) is 113 Å². The van der Waals surface area contributed by atoms with E-state index in [1.54, 1.807) is 10.8 Å². The van der Waals surface area contributed by atoms with Crippen molar-refractivity contribution in [3.8, 4) is 5.69 Å². The number of rotatable bonds is 15. The van der Waals surface area contributed by atoms with Crippen LogP contribution in [0.5, 0.6) is 0 Å². The summed E-state index contributed by atoms with van der Waals surface area (Å²) in [4.78, 5) is 27.1. The van der Waals surface area contributed by atoms with Crippen LogP contribution in [0.15, 0.2) is 47.0 Å². The fraction of sp³-hybridized carbons (Fsp3) is 0.586. The van der Waals surface area contributed by atoms with E-state index in [9.17, 15) is 9.59 Å². The molecule has 2 aliphatic rings. The van der Waals surface area contributed by atoms with Crippen LogP contribution in [-0.4, -0.2) is 72.9 Å². The first-order valence-electron chi connectivity index (χ1n) is 13.8. The van der Waals surface area contributed by atoms with Gasteiger partial charge < -0.3 is 29.4 Å². The Bertz CT molecular complexity index is 1170. The Morgan fingerprint density at radius 2 is 1.85 bits per heavy atom. The average molecular weight is 544 g/mol. The molecule has 1 fully saturated rings. The Morgan fingerprint density at radius 3 is 2.51 bits per heavy atom. The number of carbonyl (C=O) groups excluding carboxylic acids is 1. The van der Waals surface area contributed by atoms with Crippen LogP contribution in [0.3, 0.4) is 0 Å².